The van der Waals surface area contributed by atoms with Crippen LogP contribution in [0.4, 0.5) is 0 Å². The highest BCUT2D eigenvalue weighted by molar-refractivity contribution is 5.78. The topological polar surface area (TPSA) is 37.3 Å². The number of hydrogen-bond donors (Lipinski definition) is 1. The second-order valence-corrected chi connectivity index (χ2v) is 10.3. The smallest absolute Gasteiger partial charge is 0.132 e. The van der Waals surface area contributed by atoms with Gasteiger partial charge in [0.15, 0.2) is 0 Å². The van der Waals surface area contributed by atoms with Crippen LogP contribution in [0.1, 0.15) is 181 Å². The van der Waals surface area contributed by atoms with Gasteiger partial charge in [-0.1, -0.05) is 142 Å². The molecule has 32 heavy (non-hydrogen) atoms. The van der Waals surface area contributed by atoms with E-state index in [2.05, 4.69) is 13.8 Å². The minimum atomic E-state index is -0.0466. The molecule has 0 aliphatic heterocycles. The number of carbonyl (C=O) groups is 1. The Morgan fingerprint density at radius 3 is 1.16 bits per heavy atom. The van der Waals surface area contributed by atoms with Gasteiger partial charge in [-0.15, -0.1) is 0 Å². The van der Waals surface area contributed by atoms with Crippen LogP contribution >= 0.6 is 0 Å². The van der Waals surface area contributed by atoms with Crippen molar-refractivity contribution in [2.45, 2.75) is 187 Å². The number of rotatable bonds is 27. The molecule has 1 atom stereocenters. The molecule has 0 saturated carbocycles. The number of Topliss-reactive ketones (excluding diaryl/α,β-unsaturated/α-hetero) is 1. The standard InChI is InChI=1S/C30H60O2/c1-3-5-7-18-22-26-30(32)28-24-20-17-15-13-11-9-8-10-12-14-16-19-23-27-29(31)25-21-6-4-2/h30,32H,3-28H2,1-2H3. The average molecular weight is 453 g/mol. The molecule has 0 aromatic heterocycles. The first kappa shape index (κ1) is 31.6. The number of unbranched alkanes of at least 4 members (excludes halogenated alkanes) is 19. The summed E-state index contributed by atoms with van der Waals surface area (Å²) < 4.78 is 0. The van der Waals surface area contributed by atoms with Crippen molar-refractivity contribution < 1.29 is 9.90 Å². The molecule has 1 unspecified atom stereocenters. The predicted octanol–water partition coefficient (Wildman–Crippen LogP) is 10.1. The van der Waals surface area contributed by atoms with Gasteiger partial charge in [-0.3, -0.25) is 4.79 Å². The molecule has 0 aromatic carbocycles. The summed E-state index contributed by atoms with van der Waals surface area (Å²) in [5.41, 5.74) is 0. The Kier molecular flexibility index (Phi) is 26.6. The molecular weight excluding hydrogens is 392 g/mol. The van der Waals surface area contributed by atoms with Crippen LogP contribution in [0.3, 0.4) is 0 Å². The van der Waals surface area contributed by atoms with E-state index in [1.165, 1.54) is 128 Å². The maximum Gasteiger partial charge on any atom is 0.132 e. The van der Waals surface area contributed by atoms with Crippen LogP contribution < -0.4 is 0 Å². The average Bonchev–Trinajstić information content (AvgIpc) is 2.78. The van der Waals surface area contributed by atoms with Gasteiger partial charge in [-0.25, -0.2) is 0 Å². The molecule has 192 valence electrons. The van der Waals surface area contributed by atoms with Gasteiger partial charge in [0.25, 0.3) is 0 Å². The number of ketones is 1. The maximum absolute atomic E-state index is 11.7. The van der Waals surface area contributed by atoms with Crippen LogP contribution in [0.25, 0.3) is 0 Å². The van der Waals surface area contributed by atoms with Gasteiger partial charge >= 0.3 is 0 Å². The Morgan fingerprint density at radius 1 is 0.469 bits per heavy atom. The van der Waals surface area contributed by atoms with Gasteiger partial charge in [0.2, 0.25) is 0 Å². The summed E-state index contributed by atoms with van der Waals surface area (Å²) >= 11 is 0. The molecule has 0 amide bonds. The lowest BCUT2D eigenvalue weighted by molar-refractivity contribution is -0.119. The highest BCUT2D eigenvalue weighted by Gasteiger charge is 2.04. The van der Waals surface area contributed by atoms with Crippen LogP contribution in [0.2, 0.25) is 0 Å². The lowest BCUT2D eigenvalue weighted by Crippen LogP contribution is -2.05. The van der Waals surface area contributed by atoms with Crippen molar-refractivity contribution in [1.82, 2.24) is 0 Å². The lowest BCUT2D eigenvalue weighted by Gasteiger charge is -2.10. The Morgan fingerprint density at radius 2 is 0.750 bits per heavy atom. The number of aliphatic hydroxyl groups is 1. The number of hydrogen-bond acceptors (Lipinski definition) is 2. The first-order valence-corrected chi connectivity index (χ1v) is 14.9. The van der Waals surface area contributed by atoms with Crippen LogP contribution in [0.5, 0.6) is 0 Å². The Hall–Kier alpha value is -0.370. The van der Waals surface area contributed by atoms with Crippen LogP contribution in [-0.4, -0.2) is 17.0 Å². The molecule has 2 heteroatoms. The van der Waals surface area contributed by atoms with E-state index in [0.717, 1.165) is 38.5 Å². The van der Waals surface area contributed by atoms with E-state index < -0.39 is 0 Å². The highest BCUT2D eigenvalue weighted by Crippen LogP contribution is 2.16. The van der Waals surface area contributed by atoms with Gasteiger partial charge < -0.3 is 5.11 Å². The summed E-state index contributed by atoms with van der Waals surface area (Å²) in [5, 5.41) is 10.1. The molecule has 0 spiro atoms. The third-order valence-corrected chi connectivity index (χ3v) is 6.94. The molecule has 0 aliphatic rings. The summed E-state index contributed by atoms with van der Waals surface area (Å²) in [7, 11) is 0. The second kappa shape index (κ2) is 26.9. The summed E-state index contributed by atoms with van der Waals surface area (Å²) in [6.45, 7) is 4.44. The van der Waals surface area contributed by atoms with E-state index in [0.29, 0.717) is 5.78 Å². The third kappa shape index (κ3) is 25.9. The number of aliphatic hydroxyl groups excluding tert-OH is 1. The van der Waals surface area contributed by atoms with Gasteiger partial charge in [-0.2, -0.15) is 0 Å². The van der Waals surface area contributed by atoms with Crippen molar-refractivity contribution in [1.29, 1.82) is 0 Å². The molecule has 0 rings (SSSR count). The summed E-state index contributed by atoms with van der Waals surface area (Å²) in [4.78, 5) is 11.7. The van der Waals surface area contributed by atoms with Gasteiger partial charge in [-0.05, 0) is 25.7 Å². The normalized spacial score (nSPS) is 12.3. The van der Waals surface area contributed by atoms with E-state index in [-0.39, 0.29) is 6.10 Å². The van der Waals surface area contributed by atoms with Crippen molar-refractivity contribution in [3.8, 4) is 0 Å². The Labute approximate surface area is 202 Å². The van der Waals surface area contributed by atoms with Gasteiger partial charge in [0.1, 0.15) is 5.78 Å². The molecule has 1 N–H and O–H groups in total. The third-order valence-electron chi connectivity index (χ3n) is 6.94. The lowest BCUT2D eigenvalue weighted by atomic mass is 10.0. The molecule has 0 bridgehead atoms. The van der Waals surface area contributed by atoms with Crippen molar-refractivity contribution in [3.05, 3.63) is 0 Å². The van der Waals surface area contributed by atoms with Crippen molar-refractivity contribution in [2.75, 3.05) is 0 Å². The first-order chi connectivity index (χ1) is 15.7. The largest absolute Gasteiger partial charge is 0.393 e. The Balaban J connectivity index is 3.15. The van der Waals surface area contributed by atoms with Crippen LogP contribution in [-0.2, 0) is 4.79 Å². The minimum absolute atomic E-state index is 0.0466. The molecule has 0 radical (unpaired) electrons. The fourth-order valence-corrected chi connectivity index (χ4v) is 4.65. The van der Waals surface area contributed by atoms with Gasteiger partial charge in [0.05, 0.1) is 6.10 Å². The van der Waals surface area contributed by atoms with E-state index in [1.54, 1.807) is 0 Å². The molecular formula is C30H60O2. The van der Waals surface area contributed by atoms with Crippen molar-refractivity contribution in [3.63, 3.8) is 0 Å². The molecule has 0 heterocycles. The van der Waals surface area contributed by atoms with E-state index >= 15 is 0 Å². The summed E-state index contributed by atoms with van der Waals surface area (Å²) in [6.07, 6.45) is 32.3. The molecule has 2 nitrogen and oxygen atoms in total. The fraction of sp³-hybridized carbons (Fsp3) is 0.967. The summed E-state index contributed by atoms with van der Waals surface area (Å²) in [6, 6.07) is 0. The Bertz CT molecular complexity index is 366. The first-order valence-electron chi connectivity index (χ1n) is 14.9. The molecule has 0 saturated heterocycles. The van der Waals surface area contributed by atoms with Gasteiger partial charge in [0, 0.05) is 12.8 Å². The fourth-order valence-electron chi connectivity index (χ4n) is 4.65. The predicted molar refractivity (Wildman–Crippen MR) is 142 cm³/mol. The van der Waals surface area contributed by atoms with E-state index in [4.69, 9.17) is 0 Å². The maximum atomic E-state index is 11.7. The quantitative estimate of drug-likeness (QED) is 0.126. The van der Waals surface area contributed by atoms with E-state index in [9.17, 15) is 9.90 Å². The second-order valence-electron chi connectivity index (χ2n) is 10.3. The zero-order chi connectivity index (χ0) is 23.5. The minimum Gasteiger partial charge on any atom is -0.393 e. The van der Waals surface area contributed by atoms with Crippen LogP contribution in [0, 0.1) is 0 Å². The molecule has 0 aromatic rings. The van der Waals surface area contributed by atoms with Crippen molar-refractivity contribution >= 4 is 5.78 Å². The van der Waals surface area contributed by atoms with E-state index in [1.807, 2.05) is 0 Å². The zero-order valence-corrected chi connectivity index (χ0v) is 22.3. The van der Waals surface area contributed by atoms with Crippen molar-refractivity contribution in [2.24, 2.45) is 0 Å². The molecule has 0 aliphatic carbocycles. The monoisotopic (exact) mass is 452 g/mol. The molecule has 0 fully saturated rings. The highest BCUT2D eigenvalue weighted by atomic mass is 16.3. The SMILES string of the molecule is CCCCCCCC(O)CCCCCCCCCCCCCCCCC(=O)CCCCC. The van der Waals surface area contributed by atoms with Crippen LogP contribution in [0.15, 0.2) is 0 Å². The number of carbonyl (C=O) groups excluding carboxylic acids is 1. The zero-order valence-electron chi connectivity index (χ0n) is 22.3. The summed E-state index contributed by atoms with van der Waals surface area (Å²) in [5.74, 6) is 0.490.